The maximum absolute atomic E-state index is 11.7. The molecule has 0 fully saturated rings. The van der Waals surface area contributed by atoms with Crippen LogP contribution < -0.4 is 0 Å². The van der Waals surface area contributed by atoms with Gasteiger partial charge in [-0.3, -0.25) is 9.59 Å². The molecule has 1 unspecified atom stereocenters. The van der Waals surface area contributed by atoms with Crippen LogP contribution >= 0.6 is 22.6 Å². The van der Waals surface area contributed by atoms with E-state index in [1.165, 1.54) is 0 Å². The van der Waals surface area contributed by atoms with E-state index >= 15 is 0 Å². The van der Waals surface area contributed by atoms with Crippen molar-refractivity contribution in [1.82, 2.24) is 0 Å². The van der Waals surface area contributed by atoms with Crippen molar-refractivity contribution in [2.45, 2.75) is 39.2 Å². The summed E-state index contributed by atoms with van der Waals surface area (Å²) < 4.78 is 5.15. The van der Waals surface area contributed by atoms with E-state index in [0.717, 1.165) is 5.56 Å². The molecule has 5 heteroatoms. The molecule has 1 aromatic carbocycles. The molecular formula is C16H23IO4. The molecule has 0 saturated heterocycles. The Balaban J connectivity index is 0.00000191. The van der Waals surface area contributed by atoms with Crippen molar-refractivity contribution in [1.29, 1.82) is 0 Å². The number of halogens is 1. The van der Waals surface area contributed by atoms with Gasteiger partial charge in [0.1, 0.15) is 5.60 Å². The van der Waals surface area contributed by atoms with Crippen molar-refractivity contribution in [3.05, 3.63) is 35.9 Å². The molecule has 1 atom stereocenters. The summed E-state index contributed by atoms with van der Waals surface area (Å²) in [4.78, 5) is 24.8. The normalized spacial score (nSPS) is 11.9. The van der Waals surface area contributed by atoms with Crippen molar-refractivity contribution in [3.63, 3.8) is 0 Å². The molecule has 1 N–H and O–H groups in total. The van der Waals surface area contributed by atoms with Crippen LogP contribution in [0.1, 0.15) is 32.8 Å². The summed E-state index contributed by atoms with van der Waals surface area (Å²) in [5.41, 5.74) is 0.311. The van der Waals surface area contributed by atoms with Gasteiger partial charge in [0, 0.05) is 0 Å². The van der Waals surface area contributed by atoms with E-state index in [9.17, 15) is 14.7 Å². The lowest BCUT2D eigenvalue weighted by atomic mass is 9.96. The average Bonchev–Trinajstić information content (AvgIpc) is 2.39. The topological polar surface area (TPSA) is 63.6 Å². The third-order valence-electron chi connectivity index (χ3n) is 2.51. The van der Waals surface area contributed by atoms with Crippen LogP contribution in [0, 0.1) is 5.92 Å². The molecule has 0 saturated carbocycles. The minimum Gasteiger partial charge on any atom is -0.481 e. The molecule has 1 rings (SSSR count). The molecule has 1 aromatic rings. The number of rotatable bonds is 5. The van der Waals surface area contributed by atoms with E-state index in [2.05, 4.69) is 22.6 Å². The van der Waals surface area contributed by atoms with Crippen molar-refractivity contribution in [2.24, 2.45) is 5.92 Å². The first-order valence-corrected chi connectivity index (χ1v) is 8.80. The Morgan fingerprint density at radius 1 is 1.19 bits per heavy atom. The molecule has 21 heavy (non-hydrogen) atoms. The van der Waals surface area contributed by atoms with E-state index in [0.29, 0.717) is 6.42 Å². The number of hydrogen-bond acceptors (Lipinski definition) is 3. The Kier molecular flexibility index (Phi) is 9.24. The van der Waals surface area contributed by atoms with Crippen LogP contribution in [-0.2, 0) is 20.7 Å². The summed E-state index contributed by atoms with van der Waals surface area (Å²) in [5, 5.41) is 9.17. The molecule has 0 amide bonds. The molecule has 4 nitrogen and oxygen atoms in total. The number of carbonyl (C=O) groups excluding carboxylic acids is 1. The molecule has 0 heterocycles. The fourth-order valence-corrected chi connectivity index (χ4v) is 1.73. The maximum Gasteiger partial charge on any atom is 0.307 e. The van der Waals surface area contributed by atoms with Gasteiger partial charge in [-0.05, 0) is 37.7 Å². The largest absolute Gasteiger partial charge is 0.481 e. The third-order valence-corrected chi connectivity index (χ3v) is 2.51. The zero-order chi connectivity index (χ0) is 16.5. The molecule has 0 aliphatic heterocycles. The lowest BCUT2D eigenvalue weighted by Crippen LogP contribution is -2.28. The van der Waals surface area contributed by atoms with Gasteiger partial charge in [0.15, 0.2) is 0 Å². The number of ether oxygens (including phenoxy) is 1. The highest BCUT2D eigenvalue weighted by molar-refractivity contribution is 14.1. The standard InChI is InChI=1S/C15H20O4.CH3I/c1-15(2,3)19-13(16)10-12(14(17)18)9-11-7-5-4-6-8-11;1-2/h4-8,12H,9-10H2,1-3H3,(H,17,18);1H3. The van der Waals surface area contributed by atoms with E-state index in [-0.39, 0.29) is 6.42 Å². The second kappa shape index (κ2) is 9.76. The van der Waals surface area contributed by atoms with Gasteiger partial charge in [0.05, 0.1) is 12.3 Å². The first-order valence-electron chi connectivity index (χ1n) is 6.64. The summed E-state index contributed by atoms with van der Waals surface area (Å²) in [6, 6.07) is 9.27. The second-order valence-corrected chi connectivity index (χ2v) is 5.52. The fraction of sp³-hybridized carbons (Fsp3) is 0.500. The highest BCUT2D eigenvalue weighted by atomic mass is 127. The van der Waals surface area contributed by atoms with E-state index in [4.69, 9.17) is 4.74 Å². The lowest BCUT2D eigenvalue weighted by Gasteiger charge is -2.21. The predicted octanol–water partition coefficient (Wildman–Crippen LogP) is 3.71. The first-order chi connectivity index (χ1) is 9.78. The highest BCUT2D eigenvalue weighted by Gasteiger charge is 2.25. The lowest BCUT2D eigenvalue weighted by molar-refractivity contribution is -0.159. The van der Waals surface area contributed by atoms with E-state index in [1.54, 1.807) is 20.8 Å². The predicted molar refractivity (Wildman–Crippen MR) is 91.7 cm³/mol. The van der Waals surface area contributed by atoms with Crippen molar-refractivity contribution in [3.8, 4) is 0 Å². The summed E-state index contributed by atoms with van der Waals surface area (Å²) in [6.45, 7) is 5.29. The summed E-state index contributed by atoms with van der Waals surface area (Å²) in [7, 11) is 0. The zero-order valence-corrected chi connectivity index (χ0v) is 15.1. The quantitative estimate of drug-likeness (QED) is 0.460. The molecule has 0 spiro atoms. The van der Waals surface area contributed by atoms with Gasteiger partial charge < -0.3 is 9.84 Å². The van der Waals surface area contributed by atoms with Gasteiger partial charge in [0.25, 0.3) is 0 Å². The van der Waals surface area contributed by atoms with Gasteiger partial charge in [-0.15, -0.1) is 0 Å². The van der Waals surface area contributed by atoms with Crippen LogP contribution in [0.3, 0.4) is 0 Å². The Bertz CT molecular complexity index is 437. The minimum absolute atomic E-state index is 0.110. The molecule has 0 aliphatic rings. The number of carboxylic acids is 1. The third kappa shape index (κ3) is 9.44. The second-order valence-electron chi connectivity index (χ2n) is 5.52. The summed E-state index contributed by atoms with van der Waals surface area (Å²) in [6.07, 6.45) is 0.219. The van der Waals surface area contributed by atoms with Crippen LogP contribution in [-0.4, -0.2) is 27.6 Å². The van der Waals surface area contributed by atoms with Crippen LogP contribution in [0.15, 0.2) is 30.3 Å². The van der Waals surface area contributed by atoms with Gasteiger partial charge in [-0.25, -0.2) is 0 Å². The number of carbonyl (C=O) groups is 2. The maximum atomic E-state index is 11.7. The minimum atomic E-state index is -0.977. The first kappa shape index (κ1) is 19.9. The molecule has 118 valence electrons. The van der Waals surface area contributed by atoms with Gasteiger partial charge in [0.2, 0.25) is 0 Å². The molecule has 0 aliphatic carbocycles. The van der Waals surface area contributed by atoms with Gasteiger partial charge >= 0.3 is 11.9 Å². The van der Waals surface area contributed by atoms with Crippen molar-refractivity contribution >= 4 is 34.5 Å². The van der Waals surface area contributed by atoms with Gasteiger partial charge in [-0.1, -0.05) is 52.9 Å². The molecule has 0 bridgehead atoms. The van der Waals surface area contributed by atoms with Crippen LogP contribution in [0.2, 0.25) is 0 Å². The monoisotopic (exact) mass is 406 g/mol. The van der Waals surface area contributed by atoms with Crippen LogP contribution in [0.5, 0.6) is 0 Å². The van der Waals surface area contributed by atoms with Gasteiger partial charge in [-0.2, -0.15) is 0 Å². The highest BCUT2D eigenvalue weighted by Crippen LogP contribution is 2.16. The van der Waals surface area contributed by atoms with E-state index < -0.39 is 23.5 Å². The smallest absolute Gasteiger partial charge is 0.307 e. The SMILES string of the molecule is CC(C)(C)OC(=O)CC(Cc1ccccc1)C(=O)O.CI. The van der Waals surface area contributed by atoms with Crippen LogP contribution in [0.4, 0.5) is 0 Å². The number of benzene rings is 1. The Hall–Kier alpha value is -1.11. The number of aliphatic carboxylic acids is 1. The van der Waals surface area contributed by atoms with Crippen molar-refractivity contribution < 1.29 is 19.4 Å². The number of hydrogen-bond donors (Lipinski definition) is 1. The number of esters is 1. The van der Waals surface area contributed by atoms with Crippen molar-refractivity contribution in [2.75, 3.05) is 4.93 Å². The average molecular weight is 406 g/mol. The Labute approximate surface area is 140 Å². The zero-order valence-electron chi connectivity index (χ0n) is 12.9. The number of alkyl halides is 1. The Morgan fingerprint density at radius 2 is 1.71 bits per heavy atom. The molecular weight excluding hydrogens is 383 g/mol. The molecule has 0 aromatic heterocycles. The Morgan fingerprint density at radius 3 is 2.14 bits per heavy atom. The van der Waals surface area contributed by atoms with E-state index in [1.807, 2.05) is 35.3 Å². The fourth-order valence-electron chi connectivity index (χ4n) is 1.73. The summed E-state index contributed by atoms with van der Waals surface area (Å²) >= 11 is 2.15. The number of carboxylic acid groups (broad SMARTS) is 1. The van der Waals surface area contributed by atoms with Crippen LogP contribution in [0.25, 0.3) is 0 Å². The molecule has 0 radical (unpaired) electrons. The summed E-state index contributed by atoms with van der Waals surface area (Å²) in [5.74, 6) is -2.21.